The van der Waals surface area contributed by atoms with Crippen LogP contribution < -0.4 is 5.56 Å². The second-order valence-electron chi connectivity index (χ2n) is 7.22. The number of carbonyl (C=O) groups is 1. The number of hydrogen-bond donors (Lipinski definition) is 2. The minimum absolute atomic E-state index is 0.0221. The number of nitrogens with one attached hydrogen (secondary N) is 1. The van der Waals surface area contributed by atoms with Gasteiger partial charge in [0.15, 0.2) is 5.78 Å². The van der Waals surface area contributed by atoms with Crippen molar-refractivity contribution in [2.24, 2.45) is 18.4 Å². The Labute approximate surface area is 123 Å². The standard InChI is InChI=1S/C16H22N2O3/c1-15(2)11-6-5-10-12(17-18(4)14(10)21)16(11,3)7-9(8-19)13(15)20/h8,11,17,19H,5-7H2,1-4H3/b9-8-/t11-,16-/m0/s1. The summed E-state index contributed by atoms with van der Waals surface area (Å²) in [6.45, 7) is 6.00. The number of aromatic amines is 1. The zero-order valence-corrected chi connectivity index (χ0v) is 13.0. The quantitative estimate of drug-likeness (QED) is 0.566. The van der Waals surface area contributed by atoms with E-state index in [1.165, 1.54) is 4.68 Å². The fourth-order valence-corrected chi connectivity index (χ4v) is 4.60. The largest absolute Gasteiger partial charge is 0.515 e. The highest BCUT2D eigenvalue weighted by Crippen LogP contribution is 2.56. The van der Waals surface area contributed by atoms with Crippen molar-refractivity contribution >= 4 is 5.78 Å². The molecule has 0 unspecified atom stereocenters. The number of aliphatic hydroxyl groups excluding tert-OH is 1. The average Bonchev–Trinajstić information content (AvgIpc) is 2.72. The van der Waals surface area contributed by atoms with Gasteiger partial charge in [-0.1, -0.05) is 20.8 Å². The molecule has 2 N–H and O–H groups in total. The Kier molecular flexibility index (Phi) is 2.78. The van der Waals surface area contributed by atoms with Crippen molar-refractivity contribution in [3.05, 3.63) is 33.4 Å². The van der Waals surface area contributed by atoms with Gasteiger partial charge in [-0.2, -0.15) is 0 Å². The Balaban J connectivity index is 2.24. The minimum Gasteiger partial charge on any atom is -0.515 e. The highest BCUT2D eigenvalue weighted by molar-refractivity contribution is 6.00. The van der Waals surface area contributed by atoms with E-state index in [2.05, 4.69) is 12.0 Å². The van der Waals surface area contributed by atoms with Gasteiger partial charge in [0.25, 0.3) is 5.56 Å². The lowest BCUT2D eigenvalue weighted by molar-refractivity contribution is -0.131. The number of H-pyrrole nitrogens is 1. The van der Waals surface area contributed by atoms with E-state index < -0.39 is 5.41 Å². The molecule has 1 saturated carbocycles. The first-order valence-electron chi connectivity index (χ1n) is 7.40. The van der Waals surface area contributed by atoms with E-state index in [0.717, 1.165) is 23.9 Å². The third-order valence-corrected chi connectivity index (χ3v) is 5.63. The molecular formula is C16H22N2O3. The van der Waals surface area contributed by atoms with Crippen LogP contribution in [0.2, 0.25) is 0 Å². The molecule has 0 saturated heterocycles. The summed E-state index contributed by atoms with van der Waals surface area (Å²) in [5.41, 5.74) is 1.39. The molecule has 0 aromatic carbocycles. The highest BCUT2D eigenvalue weighted by atomic mass is 16.2. The number of hydrogen-bond acceptors (Lipinski definition) is 3. The Morgan fingerprint density at radius 2 is 2.00 bits per heavy atom. The molecular weight excluding hydrogens is 268 g/mol. The maximum atomic E-state index is 12.6. The number of ketones is 1. The first-order valence-corrected chi connectivity index (χ1v) is 7.40. The molecule has 21 heavy (non-hydrogen) atoms. The smallest absolute Gasteiger partial charge is 0.269 e. The normalized spacial score (nSPS) is 32.9. The van der Waals surface area contributed by atoms with Crippen molar-refractivity contribution in [3.63, 3.8) is 0 Å². The number of aryl methyl sites for hydroxylation is 1. The van der Waals surface area contributed by atoms with Gasteiger partial charge >= 0.3 is 0 Å². The topological polar surface area (TPSA) is 75.1 Å². The summed E-state index contributed by atoms with van der Waals surface area (Å²) in [6, 6.07) is 0. The summed E-state index contributed by atoms with van der Waals surface area (Å²) in [6.07, 6.45) is 2.96. The second-order valence-corrected chi connectivity index (χ2v) is 7.22. The molecule has 2 atom stereocenters. The molecule has 0 spiro atoms. The zero-order chi connectivity index (χ0) is 15.6. The minimum atomic E-state index is -0.536. The van der Waals surface area contributed by atoms with Crippen LogP contribution in [0.25, 0.3) is 0 Å². The molecule has 3 rings (SSSR count). The van der Waals surface area contributed by atoms with Gasteiger partial charge in [0, 0.05) is 34.7 Å². The van der Waals surface area contributed by atoms with E-state index in [1.54, 1.807) is 7.05 Å². The van der Waals surface area contributed by atoms with Crippen LogP contribution in [0.5, 0.6) is 0 Å². The molecule has 1 aromatic heterocycles. The van der Waals surface area contributed by atoms with E-state index in [4.69, 9.17) is 0 Å². The molecule has 0 amide bonds. The van der Waals surface area contributed by atoms with Gasteiger partial charge in [-0.3, -0.25) is 19.4 Å². The third-order valence-electron chi connectivity index (χ3n) is 5.63. The summed E-state index contributed by atoms with van der Waals surface area (Å²) in [5.74, 6) is 0.181. The SMILES string of the molecule is Cn1[nH]c2c(c1=O)CC[C@H]1C(C)(C)C(=O)/C(=C\O)C[C@]21C. The molecule has 114 valence electrons. The van der Waals surface area contributed by atoms with Crippen molar-refractivity contribution in [3.8, 4) is 0 Å². The van der Waals surface area contributed by atoms with Gasteiger partial charge in [0.1, 0.15) is 0 Å². The fourth-order valence-electron chi connectivity index (χ4n) is 4.60. The predicted octanol–water partition coefficient (Wildman–Crippen LogP) is 1.97. The van der Waals surface area contributed by atoms with Gasteiger partial charge in [-0.25, -0.2) is 0 Å². The van der Waals surface area contributed by atoms with Gasteiger partial charge < -0.3 is 5.11 Å². The van der Waals surface area contributed by atoms with Gasteiger partial charge in [-0.05, 0) is 25.2 Å². The van der Waals surface area contributed by atoms with Gasteiger partial charge in [0.05, 0.1) is 6.26 Å². The van der Waals surface area contributed by atoms with E-state index in [-0.39, 0.29) is 22.7 Å². The van der Waals surface area contributed by atoms with Crippen LogP contribution in [-0.4, -0.2) is 20.7 Å². The van der Waals surface area contributed by atoms with Crippen molar-refractivity contribution in [1.29, 1.82) is 0 Å². The number of fused-ring (bicyclic) bond motifs is 3. The first kappa shape index (κ1) is 14.2. The molecule has 1 heterocycles. The van der Waals surface area contributed by atoms with Gasteiger partial charge in [-0.15, -0.1) is 0 Å². The zero-order valence-electron chi connectivity index (χ0n) is 13.0. The Morgan fingerprint density at radius 3 is 2.62 bits per heavy atom. The lowest BCUT2D eigenvalue weighted by Crippen LogP contribution is -2.53. The van der Waals surface area contributed by atoms with E-state index in [0.29, 0.717) is 18.4 Å². The van der Waals surface area contributed by atoms with E-state index >= 15 is 0 Å². The Bertz CT molecular complexity index is 708. The van der Waals surface area contributed by atoms with Crippen LogP contribution >= 0.6 is 0 Å². The fraction of sp³-hybridized carbons (Fsp3) is 0.625. The van der Waals surface area contributed by atoms with Crippen LogP contribution in [0.1, 0.15) is 44.9 Å². The predicted molar refractivity (Wildman–Crippen MR) is 79.3 cm³/mol. The van der Waals surface area contributed by atoms with Crippen molar-refractivity contribution in [1.82, 2.24) is 9.78 Å². The second kappa shape index (κ2) is 4.12. The summed E-state index contributed by atoms with van der Waals surface area (Å²) in [5, 5.41) is 12.6. The summed E-state index contributed by atoms with van der Waals surface area (Å²) in [7, 11) is 1.72. The molecule has 2 aliphatic rings. The monoisotopic (exact) mass is 290 g/mol. The highest BCUT2D eigenvalue weighted by Gasteiger charge is 2.56. The maximum Gasteiger partial charge on any atom is 0.269 e. The van der Waals surface area contributed by atoms with Crippen LogP contribution in [-0.2, 0) is 23.7 Å². The number of allylic oxidation sites excluding steroid dienone is 1. The van der Waals surface area contributed by atoms with E-state index in [9.17, 15) is 14.7 Å². The molecule has 0 aliphatic heterocycles. The molecule has 1 fully saturated rings. The van der Waals surface area contributed by atoms with Crippen LogP contribution in [0.15, 0.2) is 16.6 Å². The number of Topliss-reactive ketones (excluding diaryl/α,β-unsaturated/α-hetero) is 1. The molecule has 2 aliphatic carbocycles. The lowest BCUT2D eigenvalue weighted by Gasteiger charge is -2.52. The van der Waals surface area contributed by atoms with Crippen molar-refractivity contribution < 1.29 is 9.90 Å². The maximum absolute atomic E-state index is 12.6. The average molecular weight is 290 g/mol. The molecule has 5 nitrogen and oxygen atoms in total. The number of aliphatic hydroxyl groups is 1. The van der Waals surface area contributed by atoms with Gasteiger partial charge in [0.2, 0.25) is 0 Å². The van der Waals surface area contributed by atoms with Crippen LogP contribution in [0, 0.1) is 11.3 Å². The Morgan fingerprint density at radius 1 is 1.33 bits per heavy atom. The summed E-state index contributed by atoms with van der Waals surface area (Å²) < 4.78 is 1.52. The number of nitrogens with zero attached hydrogens (tertiary/aromatic N) is 1. The number of aromatic nitrogens is 2. The molecule has 0 bridgehead atoms. The van der Waals surface area contributed by atoms with E-state index in [1.807, 2.05) is 13.8 Å². The molecule has 5 heteroatoms. The van der Waals surface area contributed by atoms with Crippen LogP contribution in [0.4, 0.5) is 0 Å². The number of carbonyl (C=O) groups excluding carboxylic acids is 1. The van der Waals surface area contributed by atoms with Crippen molar-refractivity contribution in [2.75, 3.05) is 0 Å². The Hall–Kier alpha value is -1.78. The molecule has 0 radical (unpaired) electrons. The molecule has 1 aromatic rings. The summed E-state index contributed by atoms with van der Waals surface area (Å²) >= 11 is 0. The first-order chi connectivity index (χ1) is 9.73. The number of rotatable bonds is 0. The van der Waals surface area contributed by atoms with Crippen molar-refractivity contribution in [2.45, 2.75) is 45.4 Å². The van der Waals surface area contributed by atoms with Crippen LogP contribution in [0.3, 0.4) is 0 Å². The lowest BCUT2D eigenvalue weighted by atomic mass is 9.50. The summed E-state index contributed by atoms with van der Waals surface area (Å²) in [4.78, 5) is 24.8. The third kappa shape index (κ3) is 1.63.